The Morgan fingerprint density at radius 3 is 2.79 bits per heavy atom. The Balaban J connectivity index is 1.88. The molecule has 0 spiro atoms. The van der Waals surface area contributed by atoms with Crippen molar-refractivity contribution < 1.29 is 14.6 Å². The molecular formula is C19H23NO3S. The summed E-state index contributed by atoms with van der Waals surface area (Å²) in [5, 5.41) is 10.1. The molecule has 1 amide bonds. The minimum atomic E-state index is -0.452. The summed E-state index contributed by atoms with van der Waals surface area (Å²) in [4.78, 5) is 16.3. The number of β-amino-alcohol motifs (C(OH)–C–C–N with tert-alkyl or cyclic N) is 1. The molecule has 5 heteroatoms. The van der Waals surface area contributed by atoms with E-state index in [1.54, 1.807) is 4.90 Å². The van der Waals surface area contributed by atoms with E-state index in [0.717, 1.165) is 16.9 Å². The number of rotatable bonds is 4. The molecule has 3 rings (SSSR count). The Kier molecular flexibility index (Phi) is 5.21. The normalized spacial score (nSPS) is 20.9. The molecule has 4 nitrogen and oxygen atoms in total. The maximum Gasteiger partial charge on any atom is 0.267 e. The fourth-order valence-electron chi connectivity index (χ4n) is 2.91. The summed E-state index contributed by atoms with van der Waals surface area (Å²) in [5.41, 5.74) is 1.08. The van der Waals surface area contributed by atoms with Gasteiger partial charge in [0.25, 0.3) is 5.91 Å². The number of hydrogen-bond acceptors (Lipinski definition) is 4. The van der Waals surface area contributed by atoms with Crippen molar-refractivity contribution >= 4 is 17.2 Å². The zero-order chi connectivity index (χ0) is 17.1. The van der Waals surface area contributed by atoms with E-state index in [2.05, 4.69) is 0 Å². The Morgan fingerprint density at radius 2 is 2.12 bits per heavy atom. The van der Waals surface area contributed by atoms with Crippen molar-refractivity contribution in [3.63, 3.8) is 0 Å². The molecule has 2 aromatic rings. The zero-order valence-electron chi connectivity index (χ0n) is 14.1. The van der Waals surface area contributed by atoms with Gasteiger partial charge in [0.1, 0.15) is 10.6 Å². The summed E-state index contributed by atoms with van der Waals surface area (Å²) >= 11 is 1.46. The van der Waals surface area contributed by atoms with Crippen LogP contribution in [0.3, 0.4) is 0 Å². The van der Waals surface area contributed by atoms with Crippen molar-refractivity contribution in [2.75, 3.05) is 19.7 Å². The molecule has 0 saturated carbocycles. The van der Waals surface area contributed by atoms with Gasteiger partial charge < -0.3 is 14.7 Å². The smallest absolute Gasteiger partial charge is 0.267 e. The summed E-state index contributed by atoms with van der Waals surface area (Å²) in [6, 6.07) is 11.9. The molecular weight excluding hydrogens is 322 g/mol. The third-order valence-electron chi connectivity index (χ3n) is 4.46. The predicted octanol–water partition coefficient (Wildman–Crippen LogP) is 3.66. The van der Waals surface area contributed by atoms with Crippen LogP contribution >= 0.6 is 11.3 Å². The van der Waals surface area contributed by atoms with Crippen LogP contribution in [0.25, 0.3) is 10.4 Å². The minimum absolute atomic E-state index is 0.0448. The number of hydrogen-bond donors (Lipinski definition) is 1. The van der Waals surface area contributed by atoms with Gasteiger partial charge in [0, 0.05) is 18.0 Å². The molecule has 2 heterocycles. The lowest BCUT2D eigenvalue weighted by molar-refractivity contribution is 0.0249. The van der Waals surface area contributed by atoms with Crippen molar-refractivity contribution in [3.8, 4) is 16.2 Å². The third kappa shape index (κ3) is 3.47. The van der Waals surface area contributed by atoms with Crippen LogP contribution in [0.5, 0.6) is 5.75 Å². The molecule has 128 valence electrons. The van der Waals surface area contributed by atoms with Crippen LogP contribution in [0.4, 0.5) is 0 Å². The number of ether oxygens (including phenoxy) is 1. The van der Waals surface area contributed by atoms with E-state index in [-0.39, 0.29) is 11.8 Å². The Morgan fingerprint density at radius 1 is 1.38 bits per heavy atom. The standard InChI is InChI=1S/C19H23NO3S/c1-3-23-16-11-17(14-7-5-4-6-8-14)24-18(16)19(22)20-10-9-13(2)15(21)12-20/h4-8,11,13,15,21H,3,9-10,12H2,1-2H3/t13-,15+/m1/s1. The first-order valence-electron chi connectivity index (χ1n) is 8.39. The Bertz CT molecular complexity index is 698. The lowest BCUT2D eigenvalue weighted by Gasteiger charge is -2.34. The largest absolute Gasteiger partial charge is 0.492 e. The van der Waals surface area contributed by atoms with E-state index in [4.69, 9.17) is 4.74 Å². The highest BCUT2D eigenvalue weighted by Gasteiger charge is 2.30. The Labute approximate surface area is 146 Å². The molecule has 1 aromatic carbocycles. The number of aliphatic hydroxyl groups is 1. The molecule has 1 N–H and O–H groups in total. The first kappa shape index (κ1) is 17.0. The molecule has 24 heavy (non-hydrogen) atoms. The van der Waals surface area contributed by atoms with Gasteiger partial charge in [-0.05, 0) is 30.9 Å². The van der Waals surface area contributed by atoms with Gasteiger partial charge in [-0.15, -0.1) is 11.3 Å². The maximum atomic E-state index is 12.9. The molecule has 1 aliphatic rings. The van der Waals surface area contributed by atoms with Crippen LogP contribution in [-0.4, -0.2) is 41.7 Å². The second-order valence-electron chi connectivity index (χ2n) is 6.19. The highest BCUT2D eigenvalue weighted by atomic mass is 32.1. The van der Waals surface area contributed by atoms with Crippen molar-refractivity contribution in [2.45, 2.75) is 26.4 Å². The SMILES string of the molecule is CCOc1cc(-c2ccccc2)sc1C(=O)N1CC[C@@H](C)[C@@H](O)C1. The average Bonchev–Trinajstić information content (AvgIpc) is 3.02. The summed E-state index contributed by atoms with van der Waals surface area (Å²) in [5.74, 6) is 0.833. The van der Waals surface area contributed by atoms with E-state index < -0.39 is 6.10 Å². The van der Waals surface area contributed by atoms with E-state index >= 15 is 0 Å². The first-order chi connectivity index (χ1) is 11.6. The highest BCUT2D eigenvalue weighted by molar-refractivity contribution is 7.17. The molecule has 0 aliphatic carbocycles. The lowest BCUT2D eigenvalue weighted by atomic mass is 9.96. The van der Waals surface area contributed by atoms with Crippen molar-refractivity contribution in [3.05, 3.63) is 41.3 Å². The second kappa shape index (κ2) is 7.36. The summed E-state index contributed by atoms with van der Waals surface area (Å²) in [6.07, 6.45) is 0.375. The predicted molar refractivity (Wildman–Crippen MR) is 96.6 cm³/mol. The maximum absolute atomic E-state index is 12.9. The van der Waals surface area contributed by atoms with Crippen LogP contribution < -0.4 is 4.74 Å². The van der Waals surface area contributed by atoms with Gasteiger partial charge in [0.05, 0.1) is 12.7 Å². The van der Waals surface area contributed by atoms with Crippen molar-refractivity contribution in [1.82, 2.24) is 4.90 Å². The van der Waals surface area contributed by atoms with Gasteiger partial charge in [-0.3, -0.25) is 4.79 Å². The van der Waals surface area contributed by atoms with Crippen LogP contribution in [0.15, 0.2) is 36.4 Å². The van der Waals surface area contributed by atoms with Gasteiger partial charge in [-0.1, -0.05) is 37.3 Å². The molecule has 0 bridgehead atoms. The van der Waals surface area contributed by atoms with E-state index in [1.165, 1.54) is 11.3 Å². The number of benzene rings is 1. The number of likely N-dealkylation sites (tertiary alicyclic amines) is 1. The molecule has 1 aromatic heterocycles. The van der Waals surface area contributed by atoms with E-state index in [1.807, 2.05) is 50.2 Å². The number of nitrogens with zero attached hydrogens (tertiary/aromatic N) is 1. The first-order valence-corrected chi connectivity index (χ1v) is 9.21. The molecule has 1 saturated heterocycles. The van der Waals surface area contributed by atoms with Crippen molar-refractivity contribution in [1.29, 1.82) is 0 Å². The van der Waals surface area contributed by atoms with Gasteiger partial charge in [0.2, 0.25) is 0 Å². The monoisotopic (exact) mass is 345 g/mol. The molecule has 0 unspecified atom stereocenters. The van der Waals surface area contributed by atoms with Crippen molar-refractivity contribution in [2.24, 2.45) is 5.92 Å². The minimum Gasteiger partial charge on any atom is -0.492 e. The van der Waals surface area contributed by atoms with Crippen LogP contribution in [0.1, 0.15) is 29.9 Å². The fraction of sp³-hybridized carbons (Fsp3) is 0.421. The van der Waals surface area contributed by atoms with Crippen LogP contribution in [0.2, 0.25) is 0 Å². The summed E-state index contributed by atoms with van der Waals surface area (Å²) < 4.78 is 5.70. The van der Waals surface area contributed by atoms with Crippen LogP contribution in [-0.2, 0) is 0 Å². The number of aliphatic hydroxyl groups excluding tert-OH is 1. The molecule has 1 fully saturated rings. The number of amides is 1. The molecule has 0 radical (unpaired) electrons. The summed E-state index contributed by atoms with van der Waals surface area (Å²) in [7, 11) is 0. The fourth-order valence-corrected chi connectivity index (χ4v) is 3.98. The topological polar surface area (TPSA) is 49.8 Å². The number of piperidine rings is 1. The average molecular weight is 345 g/mol. The third-order valence-corrected chi connectivity index (χ3v) is 5.61. The Hall–Kier alpha value is -1.85. The number of thiophene rings is 1. The van der Waals surface area contributed by atoms with Gasteiger partial charge in [0.15, 0.2) is 0 Å². The lowest BCUT2D eigenvalue weighted by Crippen LogP contribution is -2.45. The quantitative estimate of drug-likeness (QED) is 0.920. The highest BCUT2D eigenvalue weighted by Crippen LogP contribution is 2.37. The van der Waals surface area contributed by atoms with Gasteiger partial charge in [-0.2, -0.15) is 0 Å². The number of carbonyl (C=O) groups is 1. The molecule has 1 aliphatic heterocycles. The van der Waals surface area contributed by atoms with Crippen LogP contribution in [0, 0.1) is 5.92 Å². The van der Waals surface area contributed by atoms with Gasteiger partial charge in [-0.25, -0.2) is 0 Å². The van der Waals surface area contributed by atoms with Gasteiger partial charge >= 0.3 is 0 Å². The zero-order valence-corrected chi connectivity index (χ0v) is 14.9. The molecule has 2 atom stereocenters. The van der Waals surface area contributed by atoms with E-state index in [9.17, 15) is 9.90 Å². The van der Waals surface area contributed by atoms with E-state index in [0.29, 0.717) is 30.3 Å². The number of carbonyl (C=O) groups excluding carboxylic acids is 1. The second-order valence-corrected chi connectivity index (χ2v) is 7.24. The summed E-state index contributed by atoms with van der Waals surface area (Å²) in [6.45, 7) is 5.54.